The summed E-state index contributed by atoms with van der Waals surface area (Å²) in [5, 5.41) is 11.9. The third-order valence-electron chi connectivity index (χ3n) is 3.94. The van der Waals surface area contributed by atoms with E-state index in [2.05, 4.69) is 4.57 Å². The van der Waals surface area contributed by atoms with Crippen LogP contribution in [0.25, 0.3) is 23.1 Å². The minimum absolute atomic E-state index is 0.0899. The summed E-state index contributed by atoms with van der Waals surface area (Å²) in [5.41, 5.74) is 2.96. The van der Waals surface area contributed by atoms with Crippen LogP contribution in [0.4, 0.5) is 5.69 Å². The van der Waals surface area contributed by atoms with Crippen LogP contribution >= 0.6 is 0 Å². The zero-order valence-electron chi connectivity index (χ0n) is 13.5. The monoisotopic (exact) mass is 321 g/mol. The number of nitrogens with zero attached hydrogens (tertiary/aromatic N) is 2. The summed E-state index contributed by atoms with van der Waals surface area (Å²) in [4.78, 5) is 10.5. The summed E-state index contributed by atoms with van der Waals surface area (Å²) in [6.45, 7) is 0. The second kappa shape index (κ2) is 6.50. The zero-order chi connectivity index (χ0) is 17.1. The average Bonchev–Trinajstić information content (AvgIpc) is 2.61. The predicted octanol–water partition coefficient (Wildman–Crippen LogP) is 3.75. The zero-order valence-corrected chi connectivity index (χ0v) is 13.5. The van der Waals surface area contributed by atoms with Crippen LogP contribution in [0.15, 0.2) is 54.6 Å². The molecule has 5 heteroatoms. The van der Waals surface area contributed by atoms with Crippen LogP contribution in [0.5, 0.6) is 5.75 Å². The fourth-order valence-corrected chi connectivity index (χ4v) is 2.62. The Morgan fingerprint density at radius 2 is 1.92 bits per heavy atom. The van der Waals surface area contributed by atoms with E-state index in [0.29, 0.717) is 0 Å². The maximum Gasteiger partial charge on any atom is 0.270 e. The summed E-state index contributed by atoms with van der Waals surface area (Å²) in [5.74, 6) is 0.822. The summed E-state index contributed by atoms with van der Waals surface area (Å²) in [6, 6.07) is 16.5. The second-order valence-corrected chi connectivity index (χ2v) is 5.43. The number of aryl methyl sites for hydroxylation is 1. The van der Waals surface area contributed by atoms with Crippen LogP contribution in [0.1, 0.15) is 11.3 Å². The molecule has 0 amide bonds. The van der Waals surface area contributed by atoms with Crippen molar-refractivity contribution in [1.82, 2.24) is 0 Å². The molecular formula is C19H17N2O3+. The first-order valence-corrected chi connectivity index (χ1v) is 7.48. The van der Waals surface area contributed by atoms with Crippen molar-refractivity contribution in [3.63, 3.8) is 0 Å². The van der Waals surface area contributed by atoms with Gasteiger partial charge in [-0.05, 0) is 29.8 Å². The Morgan fingerprint density at radius 1 is 1.08 bits per heavy atom. The Hall–Kier alpha value is -3.21. The first-order chi connectivity index (χ1) is 11.6. The quantitative estimate of drug-likeness (QED) is 0.418. The number of nitro benzene ring substituents is 1. The van der Waals surface area contributed by atoms with Gasteiger partial charge >= 0.3 is 0 Å². The van der Waals surface area contributed by atoms with Crippen LogP contribution in [0.2, 0.25) is 0 Å². The number of nitro groups is 1. The first-order valence-electron chi connectivity index (χ1n) is 7.48. The normalized spacial score (nSPS) is 11.1. The van der Waals surface area contributed by atoms with Gasteiger partial charge in [0.15, 0.2) is 0 Å². The molecule has 1 aromatic heterocycles. The van der Waals surface area contributed by atoms with Gasteiger partial charge in [0.2, 0.25) is 11.2 Å². The van der Waals surface area contributed by atoms with Crippen molar-refractivity contribution in [2.75, 3.05) is 7.11 Å². The number of rotatable bonds is 4. The van der Waals surface area contributed by atoms with Crippen LogP contribution in [-0.4, -0.2) is 12.0 Å². The first kappa shape index (κ1) is 15.7. The maximum absolute atomic E-state index is 10.8. The summed E-state index contributed by atoms with van der Waals surface area (Å²) in [7, 11) is 3.64. The fraction of sp³-hybridized carbons (Fsp3) is 0.105. The second-order valence-electron chi connectivity index (χ2n) is 5.43. The van der Waals surface area contributed by atoms with Crippen molar-refractivity contribution in [2.45, 2.75) is 0 Å². The van der Waals surface area contributed by atoms with Gasteiger partial charge in [-0.3, -0.25) is 10.1 Å². The minimum atomic E-state index is -0.388. The molecule has 2 aromatic carbocycles. The number of aromatic nitrogens is 1. The Balaban J connectivity index is 1.96. The maximum atomic E-state index is 10.8. The highest BCUT2D eigenvalue weighted by atomic mass is 16.6. The van der Waals surface area contributed by atoms with E-state index in [-0.39, 0.29) is 10.6 Å². The summed E-state index contributed by atoms with van der Waals surface area (Å²) >= 11 is 0. The molecule has 0 aliphatic rings. The minimum Gasteiger partial charge on any atom is -0.497 e. The van der Waals surface area contributed by atoms with Crippen molar-refractivity contribution in [2.24, 2.45) is 7.05 Å². The Kier molecular flexibility index (Phi) is 4.24. The van der Waals surface area contributed by atoms with Gasteiger partial charge in [-0.25, -0.2) is 0 Å². The molecule has 3 aromatic rings. The van der Waals surface area contributed by atoms with E-state index in [1.807, 2.05) is 55.6 Å². The van der Waals surface area contributed by atoms with Gasteiger partial charge < -0.3 is 4.74 Å². The number of non-ortho nitro benzene ring substituents is 1. The number of hydrogen-bond acceptors (Lipinski definition) is 3. The Morgan fingerprint density at radius 3 is 2.67 bits per heavy atom. The smallest absolute Gasteiger partial charge is 0.270 e. The molecule has 0 bridgehead atoms. The molecule has 0 saturated carbocycles. The lowest BCUT2D eigenvalue weighted by molar-refractivity contribution is -0.646. The molecule has 3 rings (SSSR count). The molecule has 0 atom stereocenters. The number of pyridine rings is 1. The average molecular weight is 321 g/mol. The van der Waals surface area contributed by atoms with E-state index < -0.39 is 0 Å². The van der Waals surface area contributed by atoms with Crippen LogP contribution in [0.3, 0.4) is 0 Å². The van der Waals surface area contributed by atoms with Crippen molar-refractivity contribution in [1.29, 1.82) is 0 Å². The number of methoxy groups -OCH3 is 1. The van der Waals surface area contributed by atoms with Crippen LogP contribution < -0.4 is 9.30 Å². The lowest BCUT2D eigenvalue weighted by Crippen LogP contribution is -2.32. The van der Waals surface area contributed by atoms with Gasteiger partial charge in [-0.2, -0.15) is 4.57 Å². The molecule has 0 aliphatic carbocycles. The fourth-order valence-electron chi connectivity index (χ4n) is 2.62. The highest BCUT2D eigenvalue weighted by molar-refractivity contribution is 5.79. The SMILES string of the molecule is COc1ccc2c(ccc(/C=C/c3cccc([N+](=O)[O-])c3)[n+]2C)c1. The molecular weight excluding hydrogens is 304 g/mol. The van der Waals surface area contributed by atoms with Crippen molar-refractivity contribution in [3.8, 4) is 5.75 Å². The lowest BCUT2D eigenvalue weighted by Gasteiger charge is -2.03. The van der Waals surface area contributed by atoms with E-state index in [9.17, 15) is 10.1 Å². The molecule has 0 radical (unpaired) electrons. The Bertz CT molecular complexity index is 948. The standard InChI is InChI=1S/C19H17N2O3/c1-20-16(8-6-14-4-3-5-17(12-14)21(22)23)9-7-15-13-18(24-2)10-11-19(15)20/h3-13H,1-2H3/q+1/b8-6+. The lowest BCUT2D eigenvalue weighted by atomic mass is 10.1. The van der Waals surface area contributed by atoms with E-state index in [1.165, 1.54) is 6.07 Å². The van der Waals surface area contributed by atoms with Gasteiger partial charge in [-0.15, -0.1) is 0 Å². The predicted molar refractivity (Wildman–Crippen MR) is 93.7 cm³/mol. The molecule has 1 heterocycles. The van der Waals surface area contributed by atoms with Gasteiger partial charge in [-0.1, -0.05) is 12.1 Å². The van der Waals surface area contributed by atoms with Gasteiger partial charge in [0.25, 0.3) is 5.69 Å². The van der Waals surface area contributed by atoms with E-state index >= 15 is 0 Å². The van der Waals surface area contributed by atoms with Gasteiger partial charge in [0.05, 0.1) is 17.4 Å². The number of fused-ring (bicyclic) bond motifs is 1. The number of ether oxygens (including phenoxy) is 1. The van der Waals surface area contributed by atoms with E-state index in [0.717, 1.165) is 27.9 Å². The van der Waals surface area contributed by atoms with Crippen LogP contribution in [0, 0.1) is 10.1 Å². The molecule has 0 unspecified atom stereocenters. The van der Waals surface area contributed by atoms with Crippen molar-refractivity contribution >= 4 is 28.7 Å². The highest BCUT2D eigenvalue weighted by Gasteiger charge is 2.10. The molecule has 0 aliphatic heterocycles. The molecule has 24 heavy (non-hydrogen) atoms. The molecule has 120 valence electrons. The third-order valence-corrected chi connectivity index (χ3v) is 3.94. The molecule has 0 N–H and O–H groups in total. The Labute approximate surface area is 139 Å². The van der Waals surface area contributed by atoms with Crippen molar-refractivity contribution < 1.29 is 14.2 Å². The van der Waals surface area contributed by atoms with Crippen molar-refractivity contribution in [3.05, 3.63) is 76.0 Å². The largest absolute Gasteiger partial charge is 0.497 e. The third kappa shape index (κ3) is 3.10. The summed E-state index contributed by atoms with van der Waals surface area (Å²) < 4.78 is 7.32. The van der Waals surface area contributed by atoms with Gasteiger partial charge in [0.1, 0.15) is 12.8 Å². The van der Waals surface area contributed by atoms with Crippen LogP contribution in [-0.2, 0) is 7.05 Å². The van der Waals surface area contributed by atoms with E-state index in [1.54, 1.807) is 19.2 Å². The van der Waals surface area contributed by atoms with E-state index in [4.69, 9.17) is 4.74 Å². The molecule has 5 nitrogen and oxygen atoms in total. The van der Waals surface area contributed by atoms with Gasteiger partial charge in [0, 0.05) is 30.3 Å². The topological polar surface area (TPSA) is 56.3 Å². The highest BCUT2D eigenvalue weighted by Crippen LogP contribution is 2.19. The molecule has 0 spiro atoms. The summed E-state index contributed by atoms with van der Waals surface area (Å²) in [6.07, 6.45) is 3.82. The number of benzene rings is 2. The molecule has 0 fully saturated rings. The molecule has 0 saturated heterocycles. The number of hydrogen-bond donors (Lipinski definition) is 0.